The maximum absolute atomic E-state index is 12.2. The van der Waals surface area contributed by atoms with Gasteiger partial charge in [-0.25, -0.2) is 0 Å². The van der Waals surface area contributed by atoms with Crippen LogP contribution in [0, 0.1) is 0 Å². The zero-order valence-electron chi connectivity index (χ0n) is 18.5. The number of methoxy groups -OCH3 is 1. The molecule has 1 amide bonds. The van der Waals surface area contributed by atoms with Crippen molar-refractivity contribution in [3.63, 3.8) is 0 Å². The Morgan fingerprint density at radius 3 is 2.56 bits per heavy atom. The topological polar surface area (TPSA) is 48.0 Å². The number of rotatable bonds is 9. The SMILES string of the molecule is CC[C@@H](C)c1ccccc1OCCOc1c(Cl)cc(/C=C2\SC(=S)N(C)C2=O)cc1OC. The number of ether oxygens (including phenoxy) is 3. The van der Waals surface area contributed by atoms with Crippen LogP contribution >= 0.6 is 35.6 Å². The summed E-state index contributed by atoms with van der Waals surface area (Å²) in [6, 6.07) is 11.6. The molecule has 0 unspecified atom stereocenters. The van der Waals surface area contributed by atoms with E-state index in [-0.39, 0.29) is 5.91 Å². The molecule has 1 aliphatic rings. The van der Waals surface area contributed by atoms with Crippen molar-refractivity contribution in [2.75, 3.05) is 27.4 Å². The fourth-order valence-electron chi connectivity index (χ4n) is 3.19. The summed E-state index contributed by atoms with van der Waals surface area (Å²) in [5, 5.41) is 0.391. The molecule has 1 heterocycles. The highest BCUT2D eigenvalue weighted by atomic mass is 35.5. The molecule has 2 aromatic carbocycles. The number of para-hydroxylation sites is 1. The van der Waals surface area contributed by atoms with E-state index in [1.54, 1.807) is 32.4 Å². The van der Waals surface area contributed by atoms with Gasteiger partial charge in [-0.15, -0.1) is 0 Å². The second-order valence-corrected chi connectivity index (χ2v) is 9.40. The molecule has 0 aromatic heterocycles. The normalized spacial score (nSPS) is 15.9. The third kappa shape index (κ3) is 5.57. The van der Waals surface area contributed by atoms with Crippen LogP contribution in [0.4, 0.5) is 0 Å². The standard InChI is InChI=1S/C24H26ClNO4S2/c1-5-15(2)17-8-6-7-9-19(17)29-10-11-30-22-18(25)12-16(13-20(22)28-4)14-21-23(27)26(3)24(31)32-21/h6-9,12-15H,5,10-11H2,1-4H3/b21-14-/t15-/m1/s1. The van der Waals surface area contributed by atoms with Crippen molar-refractivity contribution in [3.8, 4) is 17.2 Å². The summed E-state index contributed by atoms with van der Waals surface area (Å²) in [7, 11) is 3.21. The third-order valence-corrected chi connectivity index (χ3v) is 6.95. The van der Waals surface area contributed by atoms with E-state index < -0.39 is 0 Å². The molecule has 0 bridgehead atoms. The molecule has 0 N–H and O–H groups in total. The number of carbonyl (C=O) groups excluding carboxylic acids is 1. The van der Waals surface area contributed by atoms with Crippen molar-refractivity contribution in [1.29, 1.82) is 0 Å². The summed E-state index contributed by atoms with van der Waals surface area (Å²) in [4.78, 5) is 14.2. The van der Waals surface area contributed by atoms with Gasteiger partial charge >= 0.3 is 0 Å². The summed E-state index contributed by atoms with van der Waals surface area (Å²) in [6.45, 7) is 5.02. The number of amides is 1. The van der Waals surface area contributed by atoms with E-state index in [0.29, 0.717) is 44.9 Å². The molecular formula is C24H26ClNO4S2. The van der Waals surface area contributed by atoms with Crippen molar-refractivity contribution in [1.82, 2.24) is 4.90 Å². The molecule has 5 nitrogen and oxygen atoms in total. The molecule has 1 aliphatic heterocycles. The lowest BCUT2D eigenvalue weighted by atomic mass is 9.98. The zero-order chi connectivity index (χ0) is 23.3. The van der Waals surface area contributed by atoms with Crippen LogP contribution in [-0.4, -0.2) is 42.5 Å². The van der Waals surface area contributed by atoms with Gasteiger partial charge in [-0.2, -0.15) is 0 Å². The van der Waals surface area contributed by atoms with Crippen molar-refractivity contribution in [3.05, 3.63) is 57.5 Å². The largest absolute Gasteiger partial charge is 0.493 e. The Morgan fingerprint density at radius 1 is 1.19 bits per heavy atom. The third-order valence-electron chi connectivity index (χ3n) is 5.19. The Hall–Kier alpha value is -2.22. The number of nitrogens with zero attached hydrogens (tertiary/aromatic N) is 1. The molecule has 2 aromatic rings. The lowest BCUT2D eigenvalue weighted by molar-refractivity contribution is -0.121. The Balaban J connectivity index is 1.68. The Bertz CT molecular complexity index is 1040. The summed E-state index contributed by atoms with van der Waals surface area (Å²) in [6.07, 6.45) is 2.79. The second-order valence-electron chi connectivity index (χ2n) is 7.32. The van der Waals surface area contributed by atoms with E-state index >= 15 is 0 Å². The second kappa shape index (κ2) is 11.1. The number of benzene rings is 2. The van der Waals surface area contributed by atoms with Gasteiger partial charge in [0.25, 0.3) is 5.91 Å². The van der Waals surface area contributed by atoms with Crippen molar-refractivity contribution < 1.29 is 19.0 Å². The minimum atomic E-state index is -0.134. The van der Waals surface area contributed by atoms with Crippen LogP contribution in [0.15, 0.2) is 41.3 Å². The summed E-state index contributed by atoms with van der Waals surface area (Å²) < 4.78 is 17.8. The first-order valence-corrected chi connectivity index (χ1v) is 11.9. The minimum absolute atomic E-state index is 0.134. The molecule has 1 fully saturated rings. The first-order valence-electron chi connectivity index (χ1n) is 10.3. The fourth-order valence-corrected chi connectivity index (χ4v) is 4.65. The number of thiocarbonyl (C=S) groups is 1. The van der Waals surface area contributed by atoms with Gasteiger partial charge in [-0.1, -0.05) is 67.6 Å². The highest BCUT2D eigenvalue weighted by molar-refractivity contribution is 8.26. The van der Waals surface area contributed by atoms with Crippen molar-refractivity contribution in [2.45, 2.75) is 26.2 Å². The van der Waals surface area contributed by atoms with Crippen LogP contribution in [0.1, 0.15) is 37.3 Å². The first-order chi connectivity index (χ1) is 15.3. The average molecular weight is 492 g/mol. The smallest absolute Gasteiger partial charge is 0.265 e. The molecule has 1 atom stereocenters. The Labute approximate surface area is 203 Å². The molecule has 0 aliphatic carbocycles. The molecule has 170 valence electrons. The average Bonchev–Trinajstić information content (AvgIpc) is 3.03. The van der Waals surface area contributed by atoms with Crippen LogP contribution < -0.4 is 14.2 Å². The number of hydrogen-bond donors (Lipinski definition) is 0. The molecule has 8 heteroatoms. The number of thioether (sulfide) groups is 1. The van der Waals surface area contributed by atoms with Crippen LogP contribution in [0.2, 0.25) is 5.02 Å². The summed E-state index contributed by atoms with van der Waals surface area (Å²) in [5.74, 6) is 2.07. The van der Waals surface area contributed by atoms with Crippen LogP contribution in [0.25, 0.3) is 6.08 Å². The van der Waals surface area contributed by atoms with E-state index in [1.807, 2.05) is 18.2 Å². The number of hydrogen-bond acceptors (Lipinski definition) is 6. The molecular weight excluding hydrogens is 466 g/mol. The lowest BCUT2D eigenvalue weighted by Crippen LogP contribution is -2.22. The first kappa shape index (κ1) is 24.4. The van der Waals surface area contributed by atoms with E-state index in [0.717, 1.165) is 17.7 Å². The van der Waals surface area contributed by atoms with Crippen LogP contribution in [0.3, 0.4) is 0 Å². The lowest BCUT2D eigenvalue weighted by Gasteiger charge is -2.17. The molecule has 0 saturated carbocycles. The highest BCUT2D eigenvalue weighted by Crippen LogP contribution is 2.39. The maximum Gasteiger partial charge on any atom is 0.265 e. The van der Waals surface area contributed by atoms with Gasteiger partial charge in [0.1, 0.15) is 23.3 Å². The van der Waals surface area contributed by atoms with Gasteiger partial charge in [0, 0.05) is 7.05 Å². The molecule has 1 saturated heterocycles. The van der Waals surface area contributed by atoms with E-state index in [4.69, 9.17) is 38.0 Å². The zero-order valence-corrected chi connectivity index (χ0v) is 20.9. The molecule has 0 radical (unpaired) electrons. The van der Waals surface area contributed by atoms with E-state index in [2.05, 4.69) is 19.9 Å². The van der Waals surface area contributed by atoms with Gasteiger partial charge in [0.2, 0.25) is 0 Å². The van der Waals surface area contributed by atoms with Gasteiger partial charge in [-0.05, 0) is 47.7 Å². The predicted molar refractivity (Wildman–Crippen MR) is 135 cm³/mol. The minimum Gasteiger partial charge on any atom is -0.493 e. The maximum atomic E-state index is 12.2. The van der Waals surface area contributed by atoms with Crippen LogP contribution in [-0.2, 0) is 4.79 Å². The van der Waals surface area contributed by atoms with Gasteiger partial charge < -0.3 is 14.2 Å². The number of carbonyl (C=O) groups is 1. The predicted octanol–water partition coefficient (Wildman–Crippen LogP) is 6.15. The Kier molecular flexibility index (Phi) is 8.45. The van der Waals surface area contributed by atoms with E-state index in [1.165, 1.54) is 22.2 Å². The van der Waals surface area contributed by atoms with E-state index in [9.17, 15) is 4.79 Å². The molecule has 32 heavy (non-hydrogen) atoms. The highest BCUT2D eigenvalue weighted by Gasteiger charge is 2.28. The molecule has 0 spiro atoms. The number of halogens is 1. The molecule has 3 rings (SSSR count). The summed E-state index contributed by atoms with van der Waals surface area (Å²) >= 11 is 12.9. The van der Waals surface area contributed by atoms with Gasteiger partial charge in [-0.3, -0.25) is 9.69 Å². The van der Waals surface area contributed by atoms with Crippen molar-refractivity contribution >= 4 is 51.9 Å². The monoisotopic (exact) mass is 491 g/mol. The quantitative estimate of drug-likeness (QED) is 0.238. The fraction of sp³-hybridized carbons (Fsp3) is 0.333. The number of likely N-dealkylation sites (N-methyl/N-ethyl adjacent to an activating group) is 1. The Morgan fingerprint density at radius 2 is 1.91 bits per heavy atom. The van der Waals surface area contributed by atoms with Gasteiger partial charge in [0.05, 0.1) is 17.0 Å². The van der Waals surface area contributed by atoms with Gasteiger partial charge in [0.15, 0.2) is 11.5 Å². The van der Waals surface area contributed by atoms with Crippen molar-refractivity contribution in [2.24, 2.45) is 0 Å². The van der Waals surface area contributed by atoms with Crippen LogP contribution in [0.5, 0.6) is 17.2 Å². The summed E-state index contributed by atoms with van der Waals surface area (Å²) in [5.41, 5.74) is 1.92.